The lowest BCUT2D eigenvalue weighted by Crippen LogP contribution is -2.47. The summed E-state index contributed by atoms with van der Waals surface area (Å²) in [7, 11) is -6.83. The van der Waals surface area contributed by atoms with Gasteiger partial charge in [0.05, 0.1) is 38.9 Å². The highest BCUT2D eigenvalue weighted by atomic mass is 35.5. The van der Waals surface area contributed by atoms with Gasteiger partial charge in [0.15, 0.2) is 33.3 Å². The molecule has 636 valence electrons. The molecule has 9 nitrogen and oxygen atoms in total. The van der Waals surface area contributed by atoms with Gasteiger partial charge >= 0.3 is 0 Å². The lowest BCUT2D eigenvalue weighted by atomic mass is 10.1. The molecule has 14 heteroatoms. The Labute approximate surface area is 681 Å². The smallest absolute Gasteiger partial charge is 0.200 e. The molecule has 0 amide bonds. The van der Waals surface area contributed by atoms with E-state index in [1.54, 1.807) is 0 Å². The van der Waals surface area contributed by atoms with Gasteiger partial charge in [-0.25, -0.2) is 0 Å². The molecule has 0 aromatic heterocycles. The van der Waals surface area contributed by atoms with E-state index in [1.807, 2.05) is 30.3 Å². The summed E-state index contributed by atoms with van der Waals surface area (Å²) < 4.78 is 51.4. The van der Waals surface area contributed by atoms with E-state index in [4.69, 9.17) is 48.3 Å². The minimum absolute atomic E-state index is 0.0117. The van der Waals surface area contributed by atoms with Crippen LogP contribution < -0.4 is 18.9 Å². The molecule has 0 atom stereocenters. The van der Waals surface area contributed by atoms with E-state index in [1.165, 1.54) is 205 Å². The van der Waals surface area contributed by atoms with Gasteiger partial charge in [-0.2, -0.15) is 0 Å². The van der Waals surface area contributed by atoms with Crippen LogP contribution in [0.4, 0.5) is 0 Å². The monoisotopic (exact) mass is 1600 g/mol. The molecule has 0 saturated heterocycles. The Hall–Kier alpha value is -1.40. The maximum atomic E-state index is 9.84. The summed E-state index contributed by atoms with van der Waals surface area (Å²) in [5, 5.41) is 9.84. The molecule has 0 unspecified atom stereocenters. The summed E-state index contributed by atoms with van der Waals surface area (Å²) >= 11 is 6.24. The molecular formula is C94H183ClO9Si4. The first-order chi connectivity index (χ1) is 51.5. The molecule has 0 aliphatic heterocycles. The zero-order valence-corrected chi connectivity index (χ0v) is 80.8. The van der Waals surface area contributed by atoms with Crippen LogP contribution in [-0.2, 0) is 30.2 Å². The number of hydrogen-bond acceptors (Lipinski definition) is 9. The van der Waals surface area contributed by atoms with E-state index in [0.717, 1.165) is 106 Å². The second-order valence-electron chi connectivity index (χ2n) is 36.6. The van der Waals surface area contributed by atoms with Gasteiger partial charge in [0.2, 0.25) is 0 Å². The second kappa shape index (κ2) is 61.9. The van der Waals surface area contributed by atoms with Gasteiger partial charge in [0.1, 0.15) is 23.0 Å². The number of unbranched alkanes of at least 4 members (excludes halogenated alkanes) is 32. The average molecular weight is 1610 g/mol. The average Bonchev–Trinajstić information content (AvgIpc) is 0.826. The van der Waals surface area contributed by atoms with E-state index < -0.39 is 33.3 Å². The first-order valence-electron chi connectivity index (χ1n) is 46.0. The van der Waals surface area contributed by atoms with Crippen molar-refractivity contribution in [1.29, 1.82) is 0 Å². The van der Waals surface area contributed by atoms with Gasteiger partial charge in [0, 0.05) is 49.7 Å². The maximum absolute atomic E-state index is 9.84. The van der Waals surface area contributed by atoms with Crippen molar-refractivity contribution in [1.82, 2.24) is 0 Å². The van der Waals surface area contributed by atoms with Gasteiger partial charge in [-0.3, -0.25) is 0 Å². The molecule has 0 bridgehead atoms. The molecule has 1 N–H and O–H groups in total. The van der Waals surface area contributed by atoms with Crippen molar-refractivity contribution in [3.05, 3.63) is 47.5 Å². The molecule has 0 spiro atoms. The molecule has 0 aliphatic rings. The number of alkyl halides is 1. The van der Waals surface area contributed by atoms with Crippen LogP contribution in [0.25, 0.3) is 0 Å². The van der Waals surface area contributed by atoms with E-state index in [9.17, 15) is 5.11 Å². The number of aliphatic hydroxyl groups excluding tert-OH is 1. The maximum Gasteiger partial charge on any atom is 0.200 e. The predicted octanol–water partition coefficient (Wildman–Crippen LogP) is 31.9. The van der Waals surface area contributed by atoms with Gasteiger partial charge in [-0.15, -0.1) is 11.6 Å². The molecule has 0 saturated carbocycles. The Morgan fingerprint density at radius 3 is 0.583 bits per heavy atom. The largest absolute Gasteiger partial charge is 0.493 e. The minimum atomic E-state index is -1.71. The fraction of sp³-hybridized carbons (Fsp3) is 0.872. The summed E-state index contributed by atoms with van der Waals surface area (Å²) in [6.07, 6.45) is 45.6. The number of ether oxygens (including phenoxy) is 4. The lowest BCUT2D eigenvalue weighted by molar-refractivity contribution is 0.257. The number of halogens is 1. The van der Waals surface area contributed by atoms with Gasteiger partial charge in [0.25, 0.3) is 0 Å². The third-order valence-electron chi connectivity index (χ3n) is 24.8. The minimum Gasteiger partial charge on any atom is -0.493 e. The lowest BCUT2D eigenvalue weighted by Gasteiger charge is -2.42. The topological polar surface area (TPSA) is 94.1 Å². The number of rotatable bonds is 70. The zero-order chi connectivity index (χ0) is 80.8. The highest BCUT2D eigenvalue weighted by Crippen LogP contribution is 2.46. The van der Waals surface area contributed by atoms with Crippen LogP contribution in [0, 0.1) is 0 Å². The van der Waals surface area contributed by atoms with Gasteiger partial charge in [-0.1, -0.05) is 352 Å². The fourth-order valence-electron chi connectivity index (χ4n) is 19.3. The van der Waals surface area contributed by atoms with E-state index in [2.05, 4.69) is 172 Å². The highest BCUT2D eigenvalue weighted by Gasteiger charge is 2.48. The van der Waals surface area contributed by atoms with Crippen molar-refractivity contribution in [2.45, 2.75) is 476 Å². The van der Waals surface area contributed by atoms with Crippen LogP contribution in [-0.4, -0.2) is 91.2 Å². The summed E-state index contributed by atoms with van der Waals surface area (Å²) in [6.45, 7) is 63.8. The quantitative estimate of drug-likeness (QED) is 0.0395. The third-order valence-corrected chi connectivity index (χ3v) is 49.6. The summed E-state index contributed by atoms with van der Waals surface area (Å²) in [4.78, 5) is 0. The first kappa shape index (κ1) is 105. The molecule has 2 rings (SSSR count). The standard InChI is InChI=1S/C47H91ClO4Si2.C47H92O5Si2/c2*1-39(2)53(40(3)4,41(5)6)51-35-29-25-21-17-13-15-19-23-27-33-49-46-32-31-45(38-48)47(37-46)50-34-28-24-20-16-14-18-22-26-30-36-52-54(42(7)8,43(9)10)44(11)12/h31-32,37,39-44H,13-30,33-36,38H2,1-12H3;31-32,37,39-44,48H,13-30,33-36,38H2,1-12H3. The van der Waals surface area contributed by atoms with Crippen molar-refractivity contribution < 1.29 is 41.8 Å². The van der Waals surface area contributed by atoms with Crippen LogP contribution in [0.5, 0.6) is 23.0 Å². The number of aliphatic hydroxyl groups is 1. The molecule has 2 aromatic carbocycles. The number of benzene rings is 2. The summed E-state index contributed by atoms with van der Waals surface area (Å²) in [6, 6.07) is 12.0. The molecule has 0 heterocycles. The Kier molecular flexibility index (Phi) is 60.0. The fourth-order valence-corrected chi connectivity index (χ4v) is 41.5. The Balaban J connectivity index is 0.00000108. The predicted molar refractivity (Wildman–Crippen MR) is 485 cm³/mol. The molecule has 2 aromatic rings. The Morgan fingerprint density at radius 2 is 0.398 bits per heavy atom. The normalized spacial score (nSPS) is 12.8. The molecule has 0 fully saturated rings. The van der Waals surface area contributed by atoms with Gasteiger partial charge < -0.3 is 41.8 Å². The van der Waals surface area contributed by atoms with Gasteiger partial charge in [-0.05, 0) is 136 Å². The van der Waals surface area contributed by atoms with Crippen LogP contribution in [0.3, 0.4) is 0 Å². The summed E-state index contributed by atoms with van der Waals surface area (Å²) in [5.41, 5.74) is 9.96. The van der Waals surface area contributed by atoms with Crippen molar-refractivity contribution in [2.75, 3.05) is 52.9 Å². The molecule has 0 radical (unpaired) electrons. The van der Waals surface area contributed by atoms with E-state index in [-0.39, 0.29) is 6.61 Å². The zero-order valence-electron chi connectivity index (χ0n) is 76.0. The van der Waals surface area contributed by atoms with Crippen molar-refractivity contribution >= 4 is 44.9 Å². The van der Waals surface area contributed by atoms with Crippen molar-refractivity contribution in [2.24, 2.45) is 0 Å². The van der Waals surface area contributed by atoms with E-state index in [0.29, 0.717) is 79.0 Å². The second-order valence-corrected chi connectivity index (χ2v) is 58.7. The van der Waals surface area contributed by atoms with Crippen LogP contribution in [0.15, 0.2) is 36.4 Å². The van der Waals surface area contributed by atoms with Crippen molar-refractivity contribution in [3.63, 3.8) is 0 Å². The third kappa shape index (κ3) is 39.5. The van der Waals surface area contributed by atoms with Crippen LogP contribution in [0.1, 0.15) is 408 Å². The van der Waals surface area contributed by atoms with E-state index >= 15 is 0 Å². The SMILES string of the molecule is CC(C)[Si](OCCCCCCCCCCCOc1ccc(CCl)c(OCCCCCCCCCCCO[Si](C(C)C)(C(C)C)C(C)C)c1)(C(C)C)C(C)C.CC(C)[Si](OCCCCCCCCCCCOc1ccc(CO)c(OCCCCCCCCCCCO[Si](C(C)C)(C(C)C)C(C)C)c1)(C(C)C)C(C)C. The highest BCUT2D eigenvalue weighted by molar-refractivity contribution is 6.79. The van der Waals surface area contributed by atoms with Crippen molar-refractivity contribution in [3.8, 4) is 23.0 Å². The molecule has 0 aliphatic carbocycles. The van der Waals surface area contributed by atoms with Crippen LogP contribution >= 0.6 is 11.6 Å². The molecule has 108 heavy (non-hydrogen) atoms. The first-order valence-corrected chi connectivity index (χ1v) is 55.1. The molecular weight excluding hydrogens is 1420 g/mol. The Bertz CT molecular complexity index is 2160. The van der Waals surface area contributed by atoms with Crippen LogP contribution in [0.2, 0.25) is 66.5 Å². The Morgan fingerprint density at radius 1 is 0.231 bits per heavy atom. The summed E-state index contributed by atoms with van der Waals surface area (Å²) in [5.74, 6) is 3.85. The number of hydrogen-bond donors (Lipinski definition) is 1.